The fourth-order valence-corrected chi connectivity index (χ4v) is 0.405. The molecule has 42 valence electrons. The van der Waals surface area contributed by atoms with E-state index < -0.39 is 11.6 Å². The second-order valence-corrected chi connectivity index (χ2v) is 1.45. The third kappa shape index (κ3) is 0.776. The summed E-state index contributed by atoms with van der Waals surface area (Å²) in [5.74, 6) is -0.861. The largest absolute Gasteiger partial charge is 0.289 e. The number of hydrogen-bond donors (Lipinski definition) is 0. The van der Waals surface area contributed by atoms with E-state index in [4.69, 9.17) is 0 Å². The molecule has 1 rings (SSSR count). The van der Waals surface area contributed by atoms with E-state index in [1.165, 1.54) is 0 Å². The summed E-state index contributed by atoms with van der Waals surface area (Å²) in [7, 11) is 0. The number of Topliss-reactive ketones (excluding diaryl/α,β-unsaturated/α-hetero) is 2. The smallest absolute Gasteiger partial charge is 0.223 e. The van der Waals surface area contributed by atoms with Gasteiger partial charge in [-0.25, -0.2) is 0 Å². The molecule has 1 aliphatic rings. The second-order valence-electron chi connectivity index (χ2n) is 1.45. The molecule has 8 heavy (non-hydrogen) atoms. The zero-order chi connectivity index (χ0) is 5.98. The average molecular weight is 112 g/mol. The highest BCUT2D eigenvalue weighted by Gasteiger charge is 2.15. The van der Waals surface area contributed by atoms with Gasteiger partial charge < -0.3 is 0 Å². The summed E-state index contributed by atoms with van der Waals surface area (Å²) >= 11 is 0. The summed E-state index contributed by atoms with van der Waals surface area (Å²) in [6.45, 7) is -0.113. The van der Waals surface area contributed by atoms with Crippen molar-refractivity contribution in [2.45, 2.75) is 0 Å². The van der Waals surface area contributed by atoms with Gasteiger partial charge in [0.25, 0.3) is 0 Å². The maximum absolute atomic E-state index is 10.3. The average Bonchev–Trinajstić information content (AvgIpc) is 1.77. The molecule has 0 aliphatic carbocycles. The number of hydrogen-bond acceptors (Lipinski definition) is 4. The van der Waals surface area contributed by atoms with Crippen molar-refractivity contribution in [1.82, 2.24) is 0 Å². The molecule has 0 N–H and O–H groups in total. The fourth-order valence-electron chi connectivity index (χ4n) is 0.405. The van der Waals surface area contributed by atoms with Gasteiger partial charge in [0.05, 0.1) is 0 Å². The molecule has 0 fully saturated rings. The summed E-state index contributed by atoms with van der Waals surface area (Å²) < 4.78 is 0. The lowest BCUT2D eigenvalue weighted by molar-refractivity contribution is -0.135. The molecule has 0 amide bonds. The minimum absolute atomic E-state index is 0.0567. The van der Waals surface area contributed by atoms with Crippen LogP contribution in [0, 0.1) is 0 Å². The maximum Gasteiger partial charge on any atom is 0.223 e. The summed E-state index contributed by atoms with van der Waals surface area (Å²) in [5, 5.41) is 6.73. The predicted molar refractivity (Wildman–Crippen MR) is 24.6 cm³/mol. The van der Waals surface area contributed by atoms with Gasteiger partial charge in [-0.15, -0.1) is 0 Å². The molecule has 0 spiro atoms. The summed E-state index contributed by atoms with van der Waals surface area (Å²) in [5.41, 5.74) is 0. The van der Waals surface area contributed by atoms with Crippen LogP contribution in [-0.4, -0.2) is 24.7 Å². The molecule has 0 radical (unpaired) electrons. The van der Waals surface area contributed by atoms with E-state index in [0.29, 0.717) is 0 Å². The first-order chi connectivity index (χ1) is 3.80. The molecular weight excluding hydrogens is 108 g/mol. The zero-order valence-corrected chi connectivity index (χ0v) is 4.13. The molecule has 1 aliphatic heterocycles. The van der Waals surface area contributed by atoms with Crippen molar-refractivity contribution in [2.75, 3.05) is 13.1 Å². The number of carbonyl (C=O) groups is 2. The van der Waals surface area contributed by atoms with Gasteiger partial charge in [-0.2, -0.15) is 10.2 Å². The van der Waals surface area contributed by atoms with Crippen molar-refractivity contribution >= 4 is 11.6 Å². The number of azo groups is 1. The molecule has 0 atom stereocenters. The normalized spacial score (nSPS) is 19.5. The highest BCUT2D eigenvalue weighted by atomic mass is 16.2. The molecule has 0 bridgehead atoms. The van der Waals surface area contributed by atoms with E-state index in [9.17, 15) is 9.59 Å². The molecule has 0 aromatic heterocycles. The van der Waals surface area contributed by atoms with Crippen LogP contribution in [0.5, 0.6) is 0 Å². The minimum atomic E-state index is -0.431. The van der Waals surface area contributed by atoms with Crippen molar-refractivity contribution < 1.29 is 9.59 Å². The molecule has 4 heteroatoms. The zero-order valence-electron chi connectivity index (χ0n) is 4.13. The van der Waals surface area contributed by atoms with Crippen molar-refractivity contribution in [3.05, 3.63) is 0 Å². The Balaban J connectivity index is 2.71. The quantitative estimate of drug-likeness (QED) is 0.400. The molecule has 0 aromatic carbocycles. The van der Waals surface area contributed by atoms with Gasteiger partial charge in [0.2, 0.25) is 11.6 Å². The highest BCUT2D eigenvalue weighted by molar-refractivity contribution is 6.39. The molecule has 0 saturated heterocycles. The van der Waals surface area contributed by atoms with Crippen molar-refractivity contribution in [3.63, 3.8) is 0 Å². The third-order valence-electron chi connectivity index (χ3n) is 0.840. The standard InChI is InChI=1S/C4H4N2O2/c7-3-1-5-6-2-4(3)8/h1-2H2. The van der Waals surface area contributed by atoms with Crippen LogP contribution in [0.25, 0.3) is 0 Å². The lowest BCUT2D eigenvalue weighted by Crippen LogP contribution is -2.22. The van der Waals surface area contributed by atoms with Crippen LogP contribution in [0.1, 0.15) is 0 Å². The van der Waals surface area contributed by atoms with Gasteiger partial charge in [0.1, 0.15) is 13.1 Å². The number of nitrogens with zero attached hydrogens (tertiary/aromatic N) is 2. The lowest BCUT2D eigenvalue weighted by Gasteiger charge is -1.95. The maximum atomic E-state index is 10.3. The Morgan fingerprint density at radius 2 is 1.38 bits per heavy atom. The van der Waals surface area contributed by atoms with Crippen molar-refractivity contribution in [2.24, 2.45) is 10.2 Å². The number of ketones is 2. The number of rotatable bonds is 0. The first-order valence-electron chi connectivity index (χ1n) is 2.20. The van der Waals surface area contributed by atoms with Crippen molar-refractivity contribution in [1.29, 1.82) is 0 Å². The van der Waals surface area contributed by atoms with E-state index in [0.717, 1.165) is 0 Å². The number of carbonyl (C=O) groups excluding carboxylic acids is 2. The Hall–Kier alpha value is -1.06. The second kappa shape index (κ2) is 1.81. The molecule has 0 unspecified atom stereocenters. The van der Waals surface area contributed by atoms with E-state index in [1.54, 1.807) is 0 Å². The lowest BCUT2D eigenvalue weighted by atomic mass is 10.2. The Morgan fingerprint density at radius 1 is 1.00 bits per heavy atom. The minimum Gasteiger partial charge on any atom is -0.289 e. The Kier molecular flexibility index (Phi) is 1.15. The van der Waals surface area contributed by atoms with Crippen LogP contribution in [0.3, 0.4) is 0 Å². The van der Waals surface area contributed by atoms with E-state index >= 15 is 0 Å². The summed E-state index contributed by atoms with van der Waals surface area (Å²) in [6, 6.07) is 0. The van der Waals surface area contributed by atoms with E-state index in [2.05, 4.69) is 10.2 Å². The first kappa shape index (κ1) is 5.08. The van der Waals surface area contributed by atoms with Crippen LogP contribution in [0.4, 0.5) is 0 Å². The van der Waals surface area contributed by atoms with Crippen LogP contribution >= 0.6 is 0 Å². The van der Waals surface area contributed by atoms with Crippen molar-refractivity contribution in [3.8, 4) is 0 Å². The third-order valence-corrected chi connectivity index (χ3v) is 0.840. The molecule has 4 nitrogen and oxygen atoms in total. The monoisotopic (exact) mass is 112 g/mol. The summed E-state index contributed by atoms with van der Waals surface area (Å²) in [6.07, 6.45) is 0. The van der Waals surface area contributed by atoms with E-state index in [1.807, 2.05) is 0 Å². The Morgan fingerprint density at radius 3 is 1.62 bits per heavy atom. The van der Waals surface area contributed by atoms with Gasteiger partial charge >= 0.3 is 0 Å². The van der Waals surface area contributed by atoms with Crippen LogP contribution < -0.4 is 0 Å². The van der Waals surface area contributed by atoms with Gasteiger partial charge in [-0.3, -0.25) is 9.59 Å². The Labute approximate surface area is 45.6 Å². The molecule has 1 heterocycles. The molecule has 0 saturated carbocycles. The van der Waals surface area contributed by atoms with Gasteiger partial charge in [0, 0.05) is 0 Å². The van der Waals surface area contributed by atoms with Gasteiger partial charge in [-0.05, 0) is 0 Å². The first-order valence-corrected chi connectivity index (χ1v) is 2.20. The van der Waals surface area contributed by atoms with Gasteiger partial charge in [0.15, 0.2) is 0 Å². The topological polar surface area (TPSA) is 58.9 Å². The van der Waals surface area contributed by atoms with Crippen LogP contribution in [0.2, 0.25) is 0 Å². The SMILES string of the molecule is O=C1CN=NCC1=O. The predicted octanol–water partition coefficient (Wildman–Crippen LogP) is -0.410. The molecular formula is C4H4N2O2. The molecule has 0 aromatic rings. The van der Waals surface area contributed by atoms with Gasteiger partial charge in [-0.1, -0.05) is 0 Å². The Bertz CT molecular complexity index is 143. The highest BCUT2D eigenvalue weighted by Crippen LogP contribution is 1.89. The summed E-state index contributed by atoms with van der Waals surface area (Å²) in [4.78, 5) is 20.6. The van der Waals surface area contributed by atoms with Crippen LogP contribution in [-0.2, 0) is 9.59 Å². The fraction of sp³-hybridized carbons (Fsp3) is 0.500. The van der Waals surface area contributed by atoms with Crippen LogP contribution in [0.15, 0.2) is 10.2 Å². The van der Waals surface area contributed by atoms with E-state index in [-0.39, 0.29) is 13.1 Å².